The standard InChI is InChI=1S/C18H17BrFNO3/c1-24-18(23)11-16(12-6-8-14(19)9-7-12)21-17(22)10-13-4-2-3-5-15(13)20/h2-9,16H,10-11H2,1H3,(H,21,22). The number of hydrogen-bond acceptors (Lipinski definition) is 3. The van der Waals surface area contributed by atoms with Gasteiger partial charge in [0.25, 0.3) is 0 Å². The van der Waals surface area contributed by atoms with Gasteiger partial charge in [-0.3, -0.25) is 9.59 Å². The maximum Gasteiger partial charge on any atom is 0.307 e. The molecule has 2 aromatic rings. The van der Waals surface area contributed by atoms with Crippen LogP contribution in [0.5, 0.6) is 0 Å². The predicted octanol–water partition coefficient (Wildman–Crippen LogP) is 3.55. The lowest BCUT2D eigenvalue weighted by Gasteiger charge is -2.18. The Labute approximate surface area is 148 Å². The van der Waals surface area contributed by atoms with Crippen LogP contribution in [0.3, 0.4) is 0 Å². The first-order valence-electron chi connectivity index (χ1n) is 7.34. The predicted molar refractivity (Wildman–Crippen MR) is 91.8 cm³/mol. The number of halogens is 2. The van der Waals surface area contributed by atoms with E-state index in [2.05, 4.69) is 26.0 Å². The number of carbonyl (C=O) groups is 2. The Balaban J connectivity index is 2.12. The second-order valence-corrected chi connectivity index (χ2v) is 6.14. The van der Waals surface area contributed by atoms with E-state index in [1.54, 1.807) is 30.3 Å². The third-order valence-corrected chi connectivity index (χ3v) is 4.04. The molecule has 0 aromatic heterocycles. The molecular weight excluding hydrogens is 377 g/mol. The molecule has 0 saturated carbocycles. The average molecular weight is 394 g/mol. The smallest absolute Gasteiger partial charge is 0.307 e. The minimum Gasteiger partial charge on any atom is -0.469 e. The van der Waals surface area contributed by atoms with E-state index in [9.17, 15) is 14.0 Å². The Bertz CT molecular complexity index is 718. The van der Waals surface area contributed by atoms with E-state index in [-0.39, 0.29) is 18.7 Å². The zero-order valence-electron chi connectivity index (χ0n) is 13.1. The van der Waals surface area contributed by atoms with E-state index in [1.165, 1.54) is 13.2 Å². The number of ether oxygens (including phenoxy) is 1. The molecule has 1 unspecified atom stereocenters. The molecule has 4 nitrogen and oxygen atoms in total. The normalized spacial score (nSPS) is 11.6. The van der Waals surface area contributed by atoms with Gasteiger partial charge in [0.05, 0.1) is 26.0 Å². The van der Waals surface area contributed by atoms with Crippen LogP contribution < -0.4 is 5.32 Å². The highest BCUT2D eigenvalue weighted by Gasteiger charge is 2.19. The van der Waals surface area contributed by atoms with Gasteiger partial charge in [0.1, 0.15) is 5.82 Å². The molecule has 1 amide bonds. The van der Waals surface area contributed by atoms with Crippen molar-refractivity contribution in [3.05, 3.63) is 69.9 Å². The number of hydrogen-bond donors (Lipinski definition) is 1. The molecule has 0 saturated heterocycles. The lowest BCUT2D eigenvalue weighted by molar-refractivity contribution is -0.141. The third kappa shape index (κ3) is 5.16. The Morgan fingerprint density at radius 2 is 1.83 bits per heavy atom. The van der Waals surface area contributed by atoms with Crippen molar-refractivity contribution in [1.29, 1.82) is 0 Å². The molecular formula is C18H17BrFNO3. The summed E-state index contributed by atoms with van der Waals surface area (Å²) in [5, 5.41) is 2.77. The van der Waals surface area contributed by atoms with Crippen LogP contribution in [0.2, 0.25) is 0 Å². The summed E-state index contributed by atoms with van der Waals surface area (Å²) < 4.78 is 19.2. The van der Waals surface area contributed by atoms with Gasteiger partial charge in [-0.05, 0) is 29.3 Å². The van der Waals surface area contributed by atoms with E-state index in [1.807, 2.05) is 12.1 Å². The zero-order chi connectivity index (χ0) is 17.5. The van der Waals surface area contributed by atoms with Crippen LogP contribution in [-0.2, 0) is 20.7 Å². The Morgan fingerprint density at radius 3 is 2.46 bits per heavy atom. The molecule has 2 aromatic carbocycles. The molecule has 1 N–H and O–H groups in total. The average Bonchev–Trinajstić information content (AvgIpc) is 2.57. The van der Waals surface area contributed by atoms with Gasteiger partial charge < -0.3 is 10.1 Å². The van der Waals surface area contributed by atoms with Crippen LogP contribution in [0.15, 0.2) is 53.0 Å². The highest BCUT2D eigenvalue weighted by molar-refractivity contribution is 9.10. The van der Waals surface area contributed by atoms with Crippen LogP contribution in [0, 0.1) is 5.82 Å². The molecule has 0 aliphatic carbocycles. The monoisotopic (exact) mass is 393 g/mol. The van der Waals surface area contributed by atoms with Gasteiger partial charge in [0.2, 0.25) is 5.91 Å². The van der Waals surface area contributed by atoms with Crippen molar-refractivity contribution in [2.24, 2.45) is 0 Å². The molecule has 1 atom stereocenters. The molecule has 0 radical (unpaired) electrons. The minimum atomic E-state index is -0.537. The highest BCUT2D eigenvalue weighted by atomic mass is 79.9. The van der Waals surface area contributed by atoms with Crippen LogP contribution in [0.1, 0.15) is 23.6 Å². The second kappa shape index (κ2) is 8.59. The number of rotatable bonds is 6. The quantitative estimate of drug-likeness (QED) is 0.763. The topological polar surface area (TPSA) is 55.4 Å². The second-order valence-electron chi connectivity index (χ2n) is 5.22. The van der Waals surface area contributed by atoms with Gasteiger partial charge in [-0.25, -0.2) is 4.39 Å². The van der Waals surface area contributed by atoms with Gasteiger partial charge in [0.15, 0.2) is 0 Å². The van der Waals surface area contributed by atoms with Crippen molar-refractivity contribution in [3.8, 4) is 0 Å². The highest BCUT2D eigenvalue weighted by Crippen LogP contribution is 2.20. The van der Waals surface area contributed by atoms with Crippen molar-refractivity contribution in [1.82, 2.24) is 5.32 Å². The minimum absolute atomic E-state index is 0.00114. The molecule has 0 spiro atoms. The van der Waals surface area contributed by atoms with Crippen LogP contribution in [0.25, 0.3) is 0 Å². The first kappa shape index (κ1) is 18.1. The number of carbonyl (C=O) groups excluding carboxylic acids is 2. The fourth-order valence-electron chi connectivity index (χ4n) is 2.26. The number of benzene rings is 2. The SMILES string of the molecule is COC(=O)CC(NC(=O)Cc1ccccc1F)c1ccc(Br)cc1. The van der Waals surface area contributed by atoms with E-state index >= 15 is 0 Å². The fourth-order valence-corrected chi connectivity index (χ4v) is 2.52. The summed E-state index contributed by atoms with van der Waals surface area (Å²) in [7, 11) is 1.29. The molecule has 2 rings (SSSR count). The number of esters is 1. The first-order valence-corrected chi connectivity index (χ1v) is 8.14. The number of methoxy groups -OCH3 is 1. The summed E-state index contributed by atoms with van der Waals surface area (Å²) in [6.45, 7) is 0. The maximum absolute atomic E-state index is 13.7. The molecule has 0 heterocycles. The Hall–Kier alpha value is -2.21. The lowest BCUT2D eigenvalue weighted by Crippen LogP contribution is -2.31. The Morgan fingerprint density at radius 1 is 1.17 bits per heavy atom. The first-order chi connectivity index (χ1) is 11.5. The van der Waals surface area contributed by atoms with Gasteiger partial charge in [-0.15, -0.1) is 0 Å². The van der Waals surface area contributed by atoms with Crippen molar-refractivity contribution < 1.29 is 18.7 Å². The van der Waals surface area contributed by atoms with Crippen LogP contribution in [-0.4, -0.2) is 19.0 Å². The Kier molecular flexibility index (Phi) is 6.49. The molecule has 0 bridgehead atoms. The molecule has 0 aliphatic heterocycles. The molecule has 0 fully saturated rings. The van der Waals surface area contributed by atoms with Crippen molar-refractivity contribution in [2.45, 2.75) is 18.9 Å². The summed E-state index contributed by atoms with van der Waals surface area (Å²) in [5.74, 6) is -1.23. The summed E-state index contributed by atoms with van der Waals surface area (Å²) in [6, 6.07) is 12.8. The van der Waals surface area contributed by atoms with Gasteiger partial charge >= 0.3 is 5.97 Å². The molecule has 0 aliphatic rings. The fraction of sp³-hybridized carbons (Fsp3) is 0.222. The van der Waals surface area contributed by atoms with E-state index in [0.717, 1.165) is 10.0 Å². The van der Waals surface area contributed by atoms with E-state index in [4.69, 9.17) is 0 Å². The summed E-state index contributed by atoms with van der Waals surface area (Å²) in [4.78, 5) is 23.9. The lowest BCUT2D eigenvalue weighted by atomic mass is 10.0. The molecule has 24 heavy (non-hydrogen) atoms. The van der Waals surface area contributed by atoms with E-state index in [0.29, 0.717) is 5.56 Å². The van der Waals surface area contributed by atoms with Gasteiger partial charge in [0, 0.05) is 4.47 Å². The van der Waals surface area contributed by atoms with Crippen molar-refractivity contribution in [2.75, 3.05) is 7.11 Å². The number of nitrogens with one attached hydrogen (secondary N) is 1. The molecule has 6 heteroatoms. The molecule has 126 valence electrons. The van der Waals surface area contributed by atoms with Gasteiger partial charge in [-0.1, -0.05) is 46.3 Å². The third-order valence-electron chi connectivity index (χ3n) is 3.51. The summed E-state index contributed by atoms with van der Waals surface area (Å²) >= 11 is 3.34. The largest absolute Gasteiger partial charge is 0.469 e. The van der Waals surface area contributed by atoms with Crippen molar-refractivity contribution >= 4 is 27.8 Å². The maximum atomic E-state index is 13.7. The van der Waals surface area contributed by atoms with E-state index < -0.39 is 17.8 Å². The zero-order valence-corrected chi connectivity index (χ0v) is 14.7. The van der Waals surface area contributed by atoms with Crippen LogP contribution in [0.4, 0.5) is 4.39 Å². The number of amides is 1. The summed E-state index contributed by atoms with van der Waals surface area (Å²) in [6.07, 6.45) is -0.0952. The van der Waals surface area contributed by atoms with Gasteiger partial charge in [-0.2, -0.15) is 0 Å². The van der Waals surface area contributed by atoms with Crippen molar-refractivity contribution in [3.63, 3.8) is 0 Å². The summed E-state index contributed by atoms with van der Waals surface area (Å²) in [5.41, 5.74) is 1.08. The van der Waals surface area contributed by atoms with Crippen LogP contribution >= 0.6 is 15.9 Å².